The number of benzene rings is 3. The summed E-state index contributed by atoms with van der Waals surface area (Å²) >= 11 is 0. The molecule has 0 aromatic heterocycles. The van der Waals surface area contributed by atoms with Crippen LogP contribution in [0.15, 0.2) is 108 Å². The van der Waals surface area contributed by atoms with Crippen LogP contribution in [-0.2, 0) is 34.0 Å². The smallest absolute Gasteiger partial charge is 0.114 e. The second kappa shape index (κ2) is 23.8. The average Bonchev–Trinajstić information content (AvgIpc) is 3.10. The number of ether oxygens (including phenoxy) is 3. The van der Waals surface area contributed by atoms with Gasteiger partial charge in [0, 0.05) is 4.91 Å². The molecule has 0 aliphatic carbocycles. The van der Waals surface area contributed by atoms with Crippen LogP contribution in [0.3, 0.4) is 0 Å². The van der Waals surface area contributed by atoms with E-state index in [4.69, 9.17) is 14.2 Å². The molecule has 0 saturated carbocycles. The minimum absolute atomic E-state index is 0.266. The number of nitrogens with zero attached hydrogens (tertiary/aromatic N) is 3. The van der Waals surface area contributed by atoms with Crippen molar-refractivity contribution in [2.75, 3.05) is 6.61 Å². The van der Waals surface area contributed by atoms with Crippen molar-refractivity contribution in [1.29, 1.82) is 0 Å². The lowest BCUT2D eigenvalue weighted by molar-refractivity contribution is -0.147. The van der Waals surface area contributed by atoms with Crippen LogP contribution in [0.25, 0.3) is 10.4 Å². The Hall–Kier alpha value is -3.45. The van der Waals surface area contributed by atoms with Crippen LogP contribution in [0, 0.1) is 0 Å². The van der Waals surface area contributed by atoms with E-state index in [9.17, 15) is 10.6 Å². The number of azide groups is 1. The Labute approximate surface area is 276 Å². The molecule has 248 valence electrons. The van der Waals surface area contributed by atoms with Gasteiger partial charge in [0.1, 0.15) is 12.2 Å². The van der Waals surface area contributed by atoms with Gasteiger partial charge in [0.05, 0.1) is 38.6 Å². The average molecular weight is 628 g/mol. The molecule has 0 radical (unpaired) electrons. The quantitative estimate of drug-likeness (QED) is 0.0332. The highest BCUT2D eigenvalue weighted by atomic mass is 16.6. The van der Waals surface area contributed by atoms with Gasteiger partial charge in [-0.3, -0.25) is 0 Å². The molecule has 1 N–H and O–H groups in total. The third-order valence-corrected chi connectivity index (χ3v) is 8.07. The lowest BCUT2D eigenvalue weighted by Crippen LogP contribution is -2.48. The lowest BCUT2D eigenvalue weighted by atomic mass is 9.99. The van der Waals surface area contributed by atoms with E-state index < -0.39 is 24.4 Å². The molecular weight excluding hydrogens is 574 g/mol. The predicted molar refractivity (Wildman–Crippen MR) is 186 cm³/mol. The molecule has 7 heteroatoms. The van der Waals surface area contributed by atoms with E-state index in [-0.39, 0.29) is 13.2 Å². The predicted octanol–water partition coefficient (Wildman–Crippen LogP) is 9.89. The largest absolute Gasteiger partial charge is 0.396 e. The minimum Gasteiger partial charge on any atom is -0.396 e. The van der Waals surface area contributed by atoms with Gasteiger partial charge in [-0.1, -0.05) is 167 Å². The van der Waals surface area contributed by atoms with Crippen LogP contribution in [0.4, 0.5) is 0 Å². The first kappa shape index (κ1) is 37.0. The summed E-state index contributed by atoms with van der Waals surface area (Å²) in [6, 6.07) is 28.9. The Balaban J connectivity index is 1.80. The fourth-order valence-corrected chi connectivity index (χ4v) is 5.44. The van der Waals surface area contributed by atoms with Crippen molar-refractivity contribution in [3.63, 3.8) is 0 Å². The van der Waals surface area contributed by atoms with E-state index >= 15 is 0 Å². The highest BCUT2D eigenvalue weighted by molar-refractivity contribution is 5.16. The van der Waals surface area contributed by atoms with E-state index in [0.717, 1.165) is 29.5 Å². The minimum atomic E-state index is -0.872. The number of hydrogen-bond acceptors (Lipinski definition) is 5. The maximum Gasteiger partial charge on any atom is 0.114 e. The van der Waals surface area contributed by atoms with Crippen LogP contribution in [-0.4, -0.2) is 36.1 Å². The molecule has 3 rings (SSSR count). The molecule has 0 amide bonds. The van der Waals surface area contributed by atoms with Crippen molar-refractivity contribution < 1.29 is 19.3 Å². The summed E-state index contributed by atoms with van der Waals surface area (Å²) < 4.78 is 19.6. The molecule has 46 heavy (non-hydrogen) atoms. The molecule has 7 nitrogen and oxygen atoms in total. The number of allylic oxidation sites excluding steroid dienone is 1. The fourth-order valence-electron chi connectivity index (χ4n) is 5.44. The van der Waals surface area contributed by atoms with Gasteiger partial charge in [0.25, 0.3) is 0 Å². The molecule has 3 aromatic rings. The van der Waals surface area contributed by atoms with Gasteiger partial charge in [-0.05, 0) is 35.1 Å². The van der Waals surface area contributed by atoms with Gasteiger partial charge in [-0.25, -0.2) is 0 Å². The first-order valence-electron chi connectivity index (χ1n) is 17.0. The molecule has 0 spiro atoms. The summed E-state index contributed by atoms with van der Waals surface area (Å²) in [6.07, 6.45) is 14.7. The van der Waals surface area contributed by atoms with E-state index in [0.29, 0.717) is 13.2 Å². The molecule has 0 unspecified atom stereocenters. The third-order valence-electron chi connectivity index (χ3n) is 8.07. The van der Waals surface area contributed by atoms with E-state index in [2.05, 4.69) is 29.1 Å². The van der Waals surface area contributed by atoms with Crippen molar-refractivity contribution in [2.45, 2.75) is 115 Å². The molecule has 0 saturated heterocycles. The fraction of sp³-hybridized carbons (Fsp3) is 0.487. The molecule has 3 aromatic carbocycles. The van der Waals surface area contributed by atoms with Crippen molar-refractivity contribution >= 4 is 0 Å². The van der Waals surface area contributed by atoms with Gasteiger partial charge in [-0.2, -0.15) is 0 Å². The Morgan fingerprint density at radius 2 is 1.11 bits per heavy atom. The molecule has 0 aliphatic heterocycles. The normalized spacial score (nSPS) is 14.0. The zero-order valence-electron chi connectivity index (χ0n) is 27.5. The van der Waals surface area contributed by atoms with E-state index in [1.54, 1.807) is 0 Å². The van der Waals surface area contributed by atoms with Gasteiger partial charge < -0.3 is 19.3 Å². The number of hydrogen-bond donors (Lipinski definition) is 1. The highest BCUT2D eigenvalue weighted by Crippen LogP contribution is 2.24. The van der Waals surface area contributed by atoms with Crippen LogP contribution in [0.2, 0.25) is 0 Å². The van der Waals surface area contributed by atoms with Crippen molar-refractivity contribution in [1.82, 2.24) is 0 Å². The standard InChI is InChI=1S/C39H53N3O4/c1-2-3-4-5-6-7-8-9-10-11-21-28-37(44-30-33-22-15-12-16-23-33)39(46-32-35-26-19-14-20-27-35)38(36(29-43)41-42-40)45-31-34-24-17-13-18-25-34/h12-28,36-39,43H,2-11,29-32H2,1H3/b28-21-/t36-,37+,38-,39+/m0/s1. The van der Waals surface area contributed by atoms with Gasteiger partial charge in [0.15, 0.2) is 0 Å². The maximum atomic E-state index is 10.4. The van der Waals surface area contributed by atoms with Crippen LogP contribution < -0.4 is 0 Å². The molecule has 0 bridgehead atoms. The summed E-state index contributed by atoms with van der Waals surface area (Å²) in [5.41, 5.74) is 12.4. The Morgan fingerprint density at radius 1 is 0.652 bits per heavy atom. The zero-order valence-corrected chi connectivity index (χ0v) is 27.5. The maximum absolute atomic E-state index is 10.4. The summed E-state index contributed by atoms with van der Waals surface area (Å²) in [6.45, 7) is 2.81. The topological polar surface area (TPSA) is 96.7 Å². The Morgan fingerprint density at radius 3 is 1.59 bits per heavy atom. The molecule has 0 aliphatic rings. The Kier molecular flexibility index (Phi) is 19.2. The second-order valence-corrected chi connectivity index (χ2v) is 11.8. The third kappa shape index (κ3) is 14.8. The van der Waals surface area contributed by atoms with Crippen molar-refractivity contribution in [2.24, 2.45) is 5.11 Å². The highest BCUT2D eigenvalue weighted by Gasteiger charge is 2.36. The molecular formula is C39H53N3O4. The molecule has 0 fully saturated rings. The van der Waals surface area contributed by atoms with E-state index in [1.807, 2.05) is 91.0 Å². The lowest BCUT2D eigenvalue weighted by Gasteiger charge is -2.35. The number of rotatable bonds is 25. The van der Waals surface area contributed by atoms with Crippen LogP contribution in [0.5, 0.6) is 0 Å². The summed E-state index contributed by atoms with van der Waals surface area (Å²) in [5, 5.41) is 14.3. The van der Waals surface area contributed by atoms with E-state index in [1.165, 1.54) is 51.4 Å². The van der Waals surface area contributed by atoms with Crippen LogP contribution in [0.1, 0.15) is 87.8 Å². The SMILES string of the molecule is CCCCCCCCCCC/C=C\[C@@H](OCc1ccccc1)[C@@H](OCc1ccccc1)[C@@H](OCc1ccccc1)[C@H](CO)N=[N+]=[N-]. The van der Waals surface area contributed by atoms with Gasteiger partial charge in [0.2, 0.25) is 0 Å². The number of unbranched alkanes of at least 4 members (excludes halogenated alkanes) is 9. The van der Waals surface area contributed by atoms with Crippen LogP contribution >= 0.6 is 0 Å². The van der Waals surface area contributed by atoms with Gasteiger partial charge in [-0.15, -0.1) is 0 Å². The van der Waals surface area contributed by atoms with Gasteiger partial charge >= 0.3 is 0 Å². The zero-order chi connectivity index (χ0) is 32.5. The monoisotopic (exact) mass is 627 g/mol. The first-order chi connectivity index (χ1) is 22.7. The van der Waals surface area contributed by atoms with Crippen molar-refractivity contribution in [3.8, 4) is 0 Å². The van der Waals surface area contributed by atoms with Crippen molar-refractivity contribution in [3.05, 3.63) is 130 Å². The Bertz CT molecular complexity index is 1240. The summed E-state index contributed by atoms with van der Waals surface area (Å²) in [7, 11) is 0. The summed E-state index contributed by atoms with van der Waals surface area (Å²) in [5.74, 6) is 0. The number of aliphatic hydroxyl groups excluding tert-OH is 1. The number of aliphatic hydroxyl groups is 1. The second-order valence-electron chi connectivity index (χ2n) is 11.8. The molecule has 0 heterocycles. The first-order valence-corrected chi connectivity index (χ1v) is 17.0. The molecule has 4 atom stereocenters. The summed E-state index contributed by atoms with van der Waals surface area (Å²) in [4.78, 5) is 3.04.